The largest absolute Gasteiger partial charge is 0.464 e. The van der Waals surface area contributed by atoms with Gasteiger partial charge in [-0.3, -0.25) is 14.9 Å². The van der Waals surface area contributed by atoms with Crippen LogP contribution >= 0.6 is 23.1 Å². The number of aliphatic hydroxyl groups is 1. The molecule has 22 heavy (non-hydrogen) atoms. The molecule has 0 saturated carbocycles. The fourth-order valence-electron chi connectivity index (χ4n) is 2.94. The van der Waals surface area contributed by atoms with Crippen LogP contribution in [0.5, 0.6) is 5.75 Å². The van der Waals surface area contributed by atoms with Crippen LogP contribution in [-0.4, -0.2) is 27.1 Å². The van der Waals surface area contributed by atoms with Crippen molar-refractivity contribution in [1.82, 2.24) is 4.98 Å². The first-order valence-electron chi connectivity index (χ1n) is 6.53. The Morgan fingerprint density at radius 2 is 2.27 bits per heavy atom. The van der Waals surface area contributed by atoms with E-state index in [-0.39, 0.29) is 22.4 Å². The van der Waals surface area contributed by atoms with Gasteiger partial charge in [-0.15, -0.1) is 11.8 Å². The van der Waals surface area contributed by atoms with Gasteiger partial charge in [0.25, 0.3) is 5.69 Å². The van der Waals surface area contributed by atoms with Gasteiger partial charge in [0.15, 0.2) is 0 Å². The molecule has 0 spiro atoms. The molecule has 2 aliphatic heterocycles. The molecule has 7 nitrogen and oxygen atoms in total. The maximum absolute atomic E-state index is 11.6. The van der Waals surface area contributed by atoms with Crippen molar-refractivity contribution in [3.8, 4) is 5.75 Å². The number of rotatable bonds is 1. The fourth-order valence-corrected chi connectivity index (χ4v) is 5.39. The molecule has 2 aromatic rings. The van der Waals surface area contributed by atoms with E-state index in [9.17, 15) is 20.0 Å². The summed E-state index contributed by atoms with van der Waals surface area (Å²) in [5.41, 5.74) is 0.626. The number of nitro benzene ring substituents is 1. The zero-order valence-corrected chi connectivity index (χ0v) is 12.6. The summed E-state index contributed by atoms with van der Waals surface area (Å²) >= 11 is 2.55. The smallest absolute Gasteiger partial charge is 0.305 e. The Labute approximate surface area is 132 Å². The molecule has 3 heterocycles. The Hall–Kier alpha value is -1.84. The second-order valence-electron chi connectivity index (χ2n) is 5.15. The predicted octanol–water partition coefficient (Wildman–Crippen LogP) is 1.91. The summed E-state index contributed by atoms with van der Waals surface area (Å²) in [7, 11) is 0. The van der Waals surface area contributed by atoms with E-state index < -0.39 is 11.2 Å². The number of thioether (sulfide) groups is 1. The van der Waals surface area contributed by atoms with Gasteiger partial charge in [-0.1, -0.05) is 11.3 Å². The number of hydrogen-bond donors (Lipinski definition) is 2. The first kappa shape index (κ1) is 13.8. The van der Waals surface area contributed by atoms with Crippen molar-refractivity contribution in [1.29, 1.82) is 0 Å². The molecule has 4 rings (SSSR count). The van der Waals surface area contributed by atoms with Gasteiger partial charge in [0, 0.05) is 40.2 Å². The minimum atomic E-state index is -0.989. The molecule has 1 aromatic heterocycles. The Balaban J connectivity index is 1.93. The molecule has 0 fully saturated rings. The number of H-pyrrole nitrogens is 1. The lowest BCUT2D eigenvalue weighted by atomic mass is 9.82. The van der Waals surface area contributed by atoms with Crippen molar-refractivity contribution in [2.75, 3.05) is 5.75 Å². The summed E-state index contributed by atoms with van der Waals surface area (Å²) in [4.78, 5) is 25.6. The number of nitro groups is 1. The number of nitrogens with one attached hydrogen (secondary N) is 1. The molecule has 2 aliphatic rings. The van der Waals surface area contributed by atoms with Gasteiger partial charge in [0.05, 0.1) is 9.95 Å². The van der Waals surface area contributed by atoms with E-state index in [0.29, 0.717) is 17.1 Å². The Bertz CT molecular complexity index is 830. The van der Waals surface area contributed by atoms with Crippen molar-refractivity contribution in [2.24, 2.45) is 5.92 Å². The molecule has 3 atom stereocenters. The zero-order chi connectivity index (χ0) is 15.4. The number of aliphatic hydroxyl groups excluding tert-OH is 1. The van der Waals surface area contributed by atoms with Crippen molar-refractivity contribution in [3.63, 3.8) is 0 Å². The number of ether oxygens (including phenoxy) is 1. The highest BCUT2D eigenvalue weighted by molar-refractivity contribution is 7.99. The maximum atomic E-state index is 11.6. The Morgan fingerprint density at radius 3 is 3.05 bits per heavy atom. The number of thiazole rings is 1. The molecule has 0 unspecified atom stereocenters. The molecule has 0 radical (unpaired) electrons. The van der Waals surface area contributed by atoms with Crippen LogP contribution in [-0.2, 0) is 0 Å². The molecule has 0 saturated heterocycles. The van der Waals surface area contributed by atoms with Crippen LogP contribution in [0.2, 0.25) is 0 Å². The van der Waals surface area contributed by atoms with Crippen LogP contribution in [0.4, 0.5) is 5.69 Å². The van der Waals surface area contributed by atoms with Crippen molar-refractivity contribution < 1.29 is 14.8 Å². The van der Waals surface area contributed by atoms with Crippen LogP contribution in [0.15, 0.2) is 28.0 Å². The van der Waals surface area contributed by atoms with E-state index in [2.05, 4.69) is 4.98 Å². The number of aromatic nitrogens is 1. The van der Waals surface area contributed by atoms with E-state index in [1.54, 1.807) is 0 Å². The summed E-state index contributed by atoms with van der Waals surface area (Å²) in [6, 6.07) is 4.33. The molecular weight excluding hydrogens is 328 g/mol. The SMILES string of the molecule is O=c1[nH]c2c(s1)[C@@H]1c3cc([N+](=O)[O-])ccc3O[C@@H](O)[C@H]1CS2. The average Bonchev–Trinajstić information content (AvgIpc) is 2.86. The quantitative estimate of drug-likeness (QED) is 0.608. The minimum absolute atomic E-state index is 0.0276. The minimum Gasteiger partial charge on any atom is -0.464 e. The van der Waals surface area contributed by atoms with Crippen molar-refractivity contribution in [3.05, 3.63) is 48.4 Å². The highest BCUT2D eigenvalue weighted by Gasteiger charge is 2.44. The summed E-state index contributed by atoms with van der Waals surface area (Å²) in [6.07, 6.45) is -0.989. The molecule has 0 amide bonds. The number of nitrogens with zero attached hydrogens (tertiary/aromatic N) is 1. The summed E-state index contributed by atoms with van der Waals surface area (Å²) in [5, 5.41) is 22.0. The average molecular weight is 338 g/mol. The zero-order valence-electron chi connectivity index (χ0n) is 11.0. The topological polar surface area (TPSA) is 105 Å². The monoisotopic (exact) mass is 338 g/mol. The summed E-state index contributed by atoms with van der Waals surface area (Å²) in [5.74, 6) is 0.503. The van der Waals surface area contributed by atoms with E-state index in [4.69, 9.17) is 4.74 Å². The summed E-state index contributed by atoms with van der Waals surface area (Å²) < 4.78 is 5.49. The third-order valence-electron chi connectivity index (χ3n) is 3.93. The highest BCUT2D eigenvalue weighted by atomic mass is 32.2. The van der Waals surface area contributed by atoms with Crippen LogP contribution in [0.1, 0.15) is 16.4 Å². The second-order valence-corrected chi connectivity index (χ2v) is 7.19. The molecular formula is C13H10N2O5S2. The van der Waals surface area contributed by atoms with Crippen LogP contribution in [0.25, 0.3) is 0 Å². The number of fused-ring (bicyclic) bond motifs is 5. The Morgan fingerprint density at radius 1 is 1.45 bits per heavy atom. The van der Waals surface area contributed by atoms with Gasteiger partial charge in [-0.2, -0.15) is 0 Å². The molecule has 1 aromatic carbocycles. The maximum Gasteiger partial charge on any atom is 0.305 e. The van der Waals surface area contributed by atoms with Gasteiger partial charge < -0.3 is 14.8 Å². The third-order valence-corrected chi connectivity index (χ3v) is 6.18. The lowest BCUT2D eigenvalue weighted by Crippen LogP contribution is -2.39. The van der Waals surface area contributed by atoms with Crippen molar-refractivity contribution >= 4 is 28.8 Å². The van der Waals surface area contributed by atoms with E-state index in [0.717, 1.165) is 21.2 Å². The van der Waals surface area contributed by atoms with Crippen LogP contribution < -0.4 is 9.61 Å². The third kappa shape index (κ3) is 1.97. The first-order valence-corrected chi connectivity index (χ1v) is 8.33. The van der Waals surface area contributed by atoms with Gasteiger partial charge in [0.1, 0.15) is 5.75 Å². The second kappa shape index (κ2) is 4.83. The predicted molar refractivity (Wildman–Crippen MR) is 80.7 cm³/mol. The highest BCUT2D eigenvalue weighted by Crippen LogP contribution is 2.51. The van der Waals surface area contributed by atoms with E-state index in [1.807, 2.05) is 0 Å². The van der Waals surface area contributed by atoms with Gasteiger partial charge >= 0.3 is 4.87 Å². The molecule has 114 valence electrons. The fraction of sp³-hybridized carbons (Fsp3) is 0.308. The van der Waals surface area contributed by atoms with E-state index in [1.165, 1.54) is 30.0 Å². The standard InChI is InChI=1S/C13H10N2O5S2/c16-12-7-4-21-11-10(22-13(17)14-11)9(7)6-3-5(15(18)19)1-2-8(6)20-12/h1-3,7,9,12,16H,4H2,(H,14,17)/t7-,9+,12+/m0/s1. The lowest BCUT2D eigenvalue weighted by molar-refractivity contribution is -0.385. The number of non-ortho nitro benzene ring substituents is 1. The van der Waals surface area contributed by atoms with Crippen LogP contribution in [0.3, 0.4) is 0 Å². The number of aromatic amines is 1. The lowest BCUT2D eigenvalue weighted by Gasteiger charge is -2.38. The number of hydrogen-bond acceptors (Lipinski definition) is 7. The first-order chi connectivity index (χ1) is 10.5. The molecule has 9 heteroatoms. The number of benzene rings is 1. The molecule has 2 N–H and O–H groups in total. The Kier molecular flexibility index (Phi) is 3.03. The van der Waals surface area contributed by atoms with Gasteiger partial charge in [-0.25, -0.2) is 0 Å². The summed E-state index contributed by atoms with van der Waals surface area (Å²) in [6.45, 7) is 0. The normalized spacial score (nSPS) is 25.6. The van der Waals surface area contributed by atoms with Crippen LogP contribution in [0, 0.1) is 16.0 Å². The van der Waals surface area contributed by atoms with Crippen molar-refractivity contribution in [2.45, 2.75) is 17.2 Å². The molecule has 0 aliphatic carbocycles. The van der Waals surface area contributed by atoms with Gasteiger partial charge in [0.2, 0.25) is 6.29 Å². The van der Waals surface area contributed by atoms with E-state index >= 15 is 0 Å². The molecule has 0 bridgehead atoms. The van der Waals surface area contributed by atoms with Gasteiger partial charge in [-0.05, 0) is 6.07 Å².